The number of rotatable bonds is 6. The normalized spacial score (nSPS) is 16.3. The Labute approximate surface area is 156 Å². The van der Waals surface area contributed by atoms with Crippen LogP contribution in [-0.4, -0.2) is 33.0 Å². The molecular weight excluding hydrogens is 377 g/mol. The van der Waals surface area contributed by atoms with Crippen molar-refractivity contribution in [3.8, 4) is 0 Å². The molecule has 2 aromatic rings. The number of hydrogen-bond donors (Lipinski definition) is 1. The molecule has 1 aliphatic heterocycles. The van der Waals surface area contributed by atoms with Gasteiger partial charge in [0.2, 0.25) is 0 Å². The van der Waals surface area contributed by atoms with E-state index >= 15 is 0 Å². The minimum atomic E-state index is -3.71. The summed E-state index contributed by atoms with van der Waals surface area (Å²) in [7, 11) is -3.71. The average molecular weight is 397 g/mol. The summed E-state index contributed by atoms with van der Waals surface area (Å²) in [6.45, 7) is 5.79. The summed E-state index contributed by atoms with van der Waals surface area (Å²) in [5.41, 5.74) is 0.946. The molecule has 1 N–H and O–H groups in total. The fourth-order valence-corrected chi connectivity index (χ4v) is 5.64. The second kappa shape index (κ2) is 6.84. The summed E-state index contributed by atoms with van der Waals surface area (Å²) < 4.78 is 46.3. The number of Topliss-reactive ketones (excluding diaryl/α,β-unsaturated/α-hetero) is 1. The molecular formula is C18H20FNO4S2. The number of sulfonamides is 1. The van der Waals surface area contributed by atoms with Gasteiger partial charge in [-0.15, -0.1) is 11.3 Å². The van der Waals surface area contributed by atoms with Crippen LogP contribution in [-0.2, 0) is 21.2 Å². The molecule has 1 aromatic carbocycles. The zero-order valence-electron chi connectivity index (χ0n) is 14.8. The summed E-state index contributed by atoms with van der Waals surface area (Å²) in [6.07, 6.45) is 0.0944. The third-order valence-electron chi connectivity index (χ3n) is 4.27. The Morgan fingerprint density at radius 3 is 2.58 bits per heavy atom. The van der Waals surface area contributed by atoms with Crippen LogP contribution in [0.1, 0.15) is 33.3 Å². The van der Waals surface area contributed by atoms with Crippen LogP contribution >= 0.6 is 11.3 Å². The van der Waals surface area contributed by atoms with Crippen molar-refractivity contribution >= 4 is 27.1 Å². The minimum Gasteiger partial charge on any atom is -0.377 e. The Morgan fingerprint density at radius 1 is 1.31 bits per heavy atom. The van der Waals surface area contributed by atoms with Gasteiger partial charge >= 0.3 is 0 Å². The second-order valence-corrected chi connectivity index (χ2v) is 10.0. The molecule has 0 saturated carbocycles. The highest BCUT2D eigenvalue weighted by Crippen LogP contribution is 2.29. The Bertz CT molecular complexity index is 962. The Morgan fingerprint density at radius 2 is 2.00 bits per heavy atom. The highest BCUT2D eigenvalue weighted by molar-refractivity contribution is 7.91. The third-order valence-corrected chi connectivity index (χ3v) is 7.43. The number of thiophene rings is 1. The van der Waals surface area contributed by atoms with Crippen LogP contribution in [0.3, 0.4) is 0 Å². The van der Waals surface area contributed by atoms with E-state index < -0.39 is 15.6 Å². The van der Waals surface area contributed by atoms with Gasteiger partial charge in [-0.25, -0.2) is 12.8 Å². The molecule has 0 amide bonds. The molecule has 8 heteroatoms. The maximum atomic E-state index is 13.4. The van der Waals surface area contributed by atoms with Gasteiger partial charge in [0.05, 0.1) is 18.8 Å². The Hall–Kier alpha value is -1.61. The van der Waals surface area contributed by atoms with Gasteiger partial charge in [0, 0.05) is 16.9 Å². The molecule has 1 fully saturated rings. The molecule has 0 bridgehead atoms. The molecule has 1 aliphatic rings. The van der Waals surface area contributed by atoms with Crippen LogP contribution in [0.4, 0.5) is 4.39 Å². The fraction of sp³-hybridized carbons (Fsp3) is 0.389. The van der Waals surface area contributed by atoms with Crippen molar-refractivity contribution < 1.29 is 22.3 Å². The molecule has 26 heavy (non-hydrogen) atoms. The van der Waals surface area contributed by atoms with E-state index in [1.807, 2.05) is 0 Å². The standard InChI is InChI=1S/C18H20FNO4S2/c1-11-6-13(4-5-15(11)19)7-16(21)14-8-17(25-12(14)2)26(22,23)20-18(3)9-24-10-18/h4-6,8,20H,7,9-10H2,1-3H3. The molecule has 140 valence electrons. The molecule has 1 aromatic heterocycles. The molecule has 0 radical (unpaired) electrons. The van der Waals surface area contributed by atoms with Crippen molar-refractivity contribution in [3.05, 3.63) is 51.7 Å². The first kappa shape index (κ1) is 19.2. The van der Waals surface area contributed by atoms with E-state index in [4.69, 9.17) is 4.74 Å². The first-order valence-corrected chi connectivity index (χ1v) is 10.4. The molecule has 0 unspecified atom stereocenters. The summed E-state index contributed by atoms with van der Waals surface area (Å²) in [5, 5.41) is 0. The van der Waals surface area contributed by atoms with E-state index in [-0.39, 0.29) is 22.2 Å². The van der Waals surface area contributed by atoms with E-state index in [1.165, 1.54) is 12.1 Å². The summed E-state index contributed by atoms with van der Waals surface area (Å²) in [4.78, 5) is 13.2. The molecule has 1 saturated heterocycles. The van der Waals surface area contributed by atoms with Gasteiger partial charge < -0.3 is 4.74 Å². The highest BCUT2D eigenvalue weighted by atomic mass is 32.2. The van der Waals surface area contributed by atoms with Crippen LogP contribution in [0.2, 0.25) is 0 Å². The molecule has 3 rings (SSSR count). The zero-order chi connectivity index (χ0) is 19.1. The van der Waals surface area contributed by atoms with Crippen LogP contribution in [0.5, 0.6) is 0 Å². The summed E-state index contributed by atoms with van der Waals surface area (Å²) >= 11 is 1.07. The van der Waals surface area contributed by atoms with Crippen molar-refractivity contribution in [2.24, 2.45) is 0 Å². The Balaban J connectivity index is 1.80. The smallest absolute Gasteiger partial charge is 0.250 e. The first-order chi connectivity index (χ1) is 12.1. The molecule has 2 heterocycles. The van der Waals surface area contributed by atoms with Crippen molar-refractivity contribution in [1.29, 1.82) is 0 Å². The van der Waals surface area contributed by atoms with Gasteiger partial charge in [-0.2, -0.15) is 4.72 Å². The van der Waals surface area contributed by atoms with E-state index in [9.17, 15) is 17.6 Å². The minimum absolute atomic E-state index is 0.0944. The fourth-order valence-electron chi connectivity index (χ4n) is 2.80. The lowest BCUT2D eigenvalue weighted by Crippen LogP contribution is -2.59. The van der Waals surface area contributed by atoms with Gasteiger partial charge in [-0.05, 0) is 44.0 Å². The zero-order valence-corrected chi connectivity index (χ0v) is 16.4. The van der Waals surface area contributed by atoms with E-state index in [0.29, 0.717) is 34.8 Å². The summed E-state index contributed by atoms with van der Waals surface area (Å²) in [5.74, 6) is -0.509. The van der Waals surface area contributed by atoms with Crippen LogP contribution in [0, 0.1) is 19.7 Å². The van der Waals surface area contributed by atoms with Crippen molar-refractivity contribution in [2.45, 2.75) is 36.9 Å². The van der Waals surface area contributed by atoms with E-state index in [2.05, 4.69) is 4.72 Å². The Kier molecular flexibility index (Phi) is 5.04. The quantitative estimate of drug-likeness (QED) is 0.761. The van der Waals surface area contributed by atoms with Crippen LogP contribution in [0.15, 0.2) is 28.5 Å². The number of aryl methyl sites for hydroxylation is 2. The van der Waals surface area contributed by atoms with Gasteiger partial charge in [0.25, 0.3) is 10.0 Å². The number of ketones is 1. The van der Waals surface area contributed by atoms with Crippen LogP contribution < -0.4 is 4.72 Å². The number of ether oxygens (including phenoxy) is 1. The lowest BCUT2D eigenvalue weighted by atomic mass is 10.0. The summed E-state index contributed by atoms with van der Waals surface area (Å²) in [6, 6.07) is 5.95. The lowest BCUT2D eigenvalue weighted by Gasteiger charge is -2.37. The first-order valence-electron chi connectivity index (χ1n) is 8.10. The average Bonchev–Trinajstić information content (AvgIpc) is 2.92. The molecule has 5 nitrogen and oxygen atoms in total. The predicted octanol–water partition coefficient (Wildman–Crippen LogP) is 3.00. The third kappa shape index (κ3) is 3.88. The number of carbonyl (C=O) groups excluding carboxylic acids is 1. The van der Waals surface area contributed by atoms with Crippen molar-refractivity contribution in [3.63, 3.8) is 0 Å². The largest absolute Gasteiger partial charge is 0.377 e. The predicted molar refractivity (Wildman–Crippen MR) is 97.8 cm³/mol. The van der Waals surface area contributed by atoms with E-state index in [1.54, 1.807) is 32.9 Å². The number of benzene rings is 1. The van der Waals surface area contributed by atoms with Gasteiger partial charge in [0.15, 0.2) is 5.78 Å². The number of carbonyl (C=O) groups is 1. The number of hydrogen-bond acceptors (Lipinski definition) is 5. The maximum absolute atomic E-state index is 13.4. The molecule has 0 atom stereocenters. The number of nitrogens with one attached hydrogen (secondary N) is 1. The van der Waals surface area contributed by atoms with Crippen molar-refractivity contribution in [2.75, 3.05) is 13.2 Å². The topological polar surface area (TPSA) is 72.5 Å². The van der Waals surface area contributed by atoms with Crippen LogP contribution in [0.25, 0.3) is 0 Å². The van der Waals surface area contributed by atoms with Gasteiger partial charge in [-0.3, -0.25) is 4.79 Å². The van der Waals surface area contributed by atoms with Gasteiger partial charge in [0.1, 0.15) is 10.0 Å². The van der Waals surface area contributed by atoms with Crippen molar-refractivity contribution in [1.82, 2.24) is 4.72 Å². The van der Waals surface area contributed by atoms with E-state index in [0.717, 1.165) is 11.3 Å². The molecule has 0 aliphatic carbocycles. The maximum Gasteiger partial charge on any atom is 0.250 e. The highest BCUT2D eigenvalue weighted by Gasteiger charge is 2.38. The lowest BCUT2D eigenvalue weighted by molar-refractivity contribution is -0.0523. The monoisotopic (exact) mass is 397 g/mol. The van der Waals surface area contributed by atoms with Gasteiger partial charge in [-0.1, -0.05) is 12.1 Å². The number of halogens is 1. The SMILES string of the molecule is Cc1cc(CC(=O)c2cc(S(=O)(=O)NC3(C)COC3)sc2C)ccc1F. The second-order valence-electron chi connectivity index (χ2n) is 6.88. The molecule has 0 spiro atoms.